The lowest BCUT2D eigenvalue weighted by Gasteiger charge is -2.00. The zero-order valence-electron chi connectivity index (χ0n) is 6.86. The molecule has 66 valence electrons. The molecule has 0 fully saturated rings. The van der Waals surface area contributed by atoms with Crippen molar-refractivity contribution in [1.29, 1.82) is 0 Å². The van der Waals surface area contributed by atoms with Crippen LogP contribution in [0, 0.1) is 5.92 Å². The van der Waals surface area contributed by atoms with E-state index >= 15 is 0 Å². The summed E-state index contributed by atoms with van der Waals surface area (Å²) in [6, 6.07) is 0. The van der Waals surface area contributed by atoms with E-state index in [9.17, 15) is 9.59 Å². The van der Waals surface area contributed by atoms with E-state index in [0.29, 0.717) is 0 Å². The Morgan fingerprint density at radius 1 is 1.75 bits per heavy atom. The lowest BCUT2D eigenvalue weighted by molar-refractivity contribution is -0.143. The van der Waals surface area contributed by atoms with Gasteiger partial charge in [-0.25, -0.2) is 9.59 Å². The van der Waals surface area contributed by atoms with E-state index in [-0.39, 0.29) is 12.3 Å². The van der Waals surface area contributed by atoms with Gasteiger partial charge in [-0.2, -0.15) is 0 Å². The van der Waals surface area contributed by atoms with E-state index in [1.54, 1.807) is 13.8 Å². The number of esters is 1. The third-order valence-corrected chi connectivity index (χ3v) is 1.48. The van der Waals surface area contributed by atoms with Crippen molar-refractivity contribution in [3.63, 3.8) is 0 Å². The van der Waals surface area contributed by atoms with Gasteiger partial charge >= 0.3 is 11.9 Å². The molecule has 0 N–H and O–H groups in total. The second-order valence-electron chi connectivity index (χ2n) is 2.33. The van der Waals surface area contributed by atoms with Crippen LogP contribution < -0.4 is 0 Å². The molecular formula is C7H9NO4. The van der Waals surface area contributed by atoms with Crippen molar-refractivity contribution in [2.45, 2.75) is 13.8 Å². The van der Waals surface area contributed by atoms with E-state index in [1.807, 2.05) is 0 Å². The Labute approximate surface area is 69.3 Å². The minimum Gasteiger partial charge on any atom is -0.461 e. The molecule has 12 heavy (non-hydrogen) atoms. The van der Waals surface area contributed by atoms with E-state index < -0.39 is 17.9 Å². The monoisotopic (exact) mass is 171 g/mol. The molecule has 0 radical (unpaired) electrons. The highest BCUT2D eigenvalue weighted by Crippen LogP contribution is 2.11. The third-order valence-electron chi connectivity index (χ3n) is 1.48. The van der Waals surface area contributed by atoms with Crippen LogP contribution in [0.3, 0.4) is 0 Å². The van der Waals surface area contributed by atoms with Crippen LogP contribution in [0.15, 0.2) is 5.16 Å². The second-order valence-corrected chi connectivity index (χ2v) is 2.33. The average Bonchev–Trinajstić information content (AvgIpc) is 2.34. The van der Waals surface area contributed by atoms with Crippen molar-refractivity contribution in [3.8, 4) is 0 Å². The van der Waals surface area contributed by atoms with E-state index in [0.717, 1.165) is 0 Å². The molecule has 0 spiro atoms. The molecule has 1 atom stereocenters. The van der Waals surface area contributed by atoms with Gasteiger partial charge in [0.1, 0.15) is 5.92 Å². The Hall–Kier alpha value is -1.39. The van der Waals surface area contributed by atoms with Crippen LogP contribution in [-0.2, 0) is 19.2 Å². The summed E-state index contributed by atoms with van der Waals surface area (Å²) in [7, 11) is 0. The first-order valence-corrected chi connectivity index (χ1v) is 3.62. The predicted octanol–water partition coefficient (Wildman–Crippen LogP) is 0.0984. The Balaban J connectivity index is 2.64. The standard InChI is InChI=1S/C7H9NO4/c1-3-11-7(10)5-4(2)6(9)12-8-5/h4H,3H2,1-2H3/t4-/m0/s1. The van der Waals surface area contributed by atoms with Gasteiger partial charge in [-0.15, -0.1) is 0 Å². The molecule has 1 rings (SSSR count). The van der Waals surface area contributed by atoms with Crippen LogP contribution in [0.2, 0.25) is 0 Å². The molecule has 0 bridgehead atoms. The van der Waals surface area contributed by atoms with Crippen molar-refractivity contribution in [2.24, 2.45) is 11.1 Å². The largest absolute Gasteiger partial charge is 0.461 e. The van der Waals surface area contributed by atoms with Gasteiger partial charge in [-0.3, -0.25) is 0 Å². The molecule has 1 heterocycles. The van der Waals surface area contributed by atoms with Crippen LogP contribution in [0.1, 0.15) is 13.8 Å². The zero-order chi connectivity index (χ0) is 9.14. The van der Waals surface area contributed by atoms with Gasteiger partial charge < -0.3 is 9.57 Å². The summed E-state index contributed by atoms with van der Waals surface area (Å²) in [6.45, 7) is 3.49. The Bertz CT molecular complexity index is 246. The molecule has 0 aromatic heterocycles. The SMILES string of the molecule is CCOC(=O)C1=NOC(=O)[C@H]1C. The van der Waals surface area contributed by atoms with Gasteiger partial charge in [-0.05, 0) is 13.8 Å². The highest BCUT2D eigenvalue weighted by molar-refractivity contribution is 6.41. The molecule has 1 aliphatic rings. The number of rotatable bonds is 2. The molecule has 0 unspecified atom stereocenters. The van der Waals surface area contributed by atoms with Gasteiger partial charge in [0.05, 0.1) is 6.61 Å². The van der Waals surface area contributed by atoms with E-state index in [1.165, 1.54) is 0 Å². The highest BCUT2D eigenvalue weighted by atomic mass is 16.7. The molecule has 0 saturated heterocycles. The smallest absolute Gasteiger partial charge is 0.357 e. The fourth-order valence-corrected chi connectivity index (χ4v) is 0.783. The van der Waals surface area contributed by atoms with Crippen LogP contribution >= 0.6 is 0 Å². The maximum Gasteiger partial charge on any atom is 0.357 e. The Morgan fingerprint density at radius 3 is 2.83 bits per heavy atom. The molecule has 0 aliphatic carbocycles. The Kier molecular flexibility index (Phi) is 2.42. The third kappa shape index (κ3) is 1.44. The summed E-state index contributed by atoms with van der Waals surface area (Å²) in [5.74, 6) is -1.71. The fourth-order valence-electron chi connectivity index (χ4n) is 0.783. The number of carbonyl (C=O) groups excluding carboxylic acids is 2. The lowest BCUT2D eigenvalue weighted by Crippen LogP contribution is -2.24. The van der Waals surface area contributed by atoms with Crippen LogP contribution in [0.5, 0.6) is 0 Å². The highest BCUT2D eigenvalue weighted by Gasteiger charge is 2.34. The number of hydrogen-bond donors (Lipinski definition) is 0. The number of carbonyl (C=O) groups is 2. The second kappa shape index (κ2) is 3.34. The van der Waals surface area contributed by atoms with Crippen molar-refractivity contribution >= 4 is 17.7 Å². The quantitative estimate of drug-likeness (QED) is 0.436. The number of nitrogens with zero attached hydrogens (tertiary/aromatic N) is 1. The first kappa shape index (κ1) is 8.70. The molecule has 1 aliphatic heterocycles. The summed E-state index contributed by atoms with van der Waals surface area (Å²) in [5, 5.41) is 3.31. The molecule has 0 aromatic rings. The van der Waals surface area contributed by atoms with Crippen LogP contribution in [-0.4, -0.2) is 24.3 Å². The zero-order valence-corrected chi connectivity index (χ0v) is 6.86. The molecule has 5 nitrogen and oxygen atoms in total. The summed E-state index contributed by atoms with van der Waals surface area (Å²) in [6.07, 6.45) is 0. The lowest BCUT2D eigenvalue weighted by atomic mass is 10.1. The molecular weight excluding hydrogens is 162 g/mol. The molecule has 0 saturated carbocycles. The Morgan fingerprint density at radius 2 is 2.42 bits per heavy atom. The van der Waals surface area contributed by atoms with Crippen LogP contribution in [0.25, 0.3) is 0 Å². The first-order chi connectivity index (χ1) is 5.66. The van der Waals surface area contributed by atoms with Crippen molar-refractivity contribution < 1.29 is 19.2 Å². The summed E-state index contributed by atoms with van der Waals surface area (Å²) in [4.78, 5) is 26.1. The summed E-state index contributed by atoms with van der Waals surface area (Å²) >= 11 is 0. The molecule has 0 aromatic carbocycles. The predicted molar refractivity (Wildman–Crippen MR) is 39.3 cm³/mol. The minimum absolute atomic E-state index is 0.0434. The van der Waals surface area contributed by atoms with Crippen molar-refractivity contribution in [1.82, 2.24) is 0 Å². The fraction of sp³-hybridized carbons (Fsp3) is 0.571. The topological polar surface area (TPSA) is 65.0 Å². The first-order valence-electron chi connectivity index (χ1n) is 3.62. The maximum atomic E-state index is 11.0. The van der Waals surface area contributed by atoms with Gasteiger partial charge in [0, 0.05) is 0 Å². The van der Waals surface area contributed by atoms with E-state index in [4.69, 9.17) is 0 Å². The molecule has 5 heteroatoms. The normalized spacial score (nSPS) is 21.7. The number of hydrogen-bond acceptors (Lipinski definition) is 5. The summed E-state index contributed by atoms with van der Waals surface area (Å²) in [5.41, 5.74) is 0.0434. The van der Waals surface area contributed by atoms with Gasteiger partial charge in [0.2, 0.25) is 0 Å². The van der Waals surface area contributed by atoms with Gasteiger partial charge in [-0.1, -0.05) is 5.16 Å². The molecule has 0 amide bonds. The maximum absolute atomic E-state index is 11.0. The number of ether oxygens (including phenoxy) is 1. The van der Waals surface area contributed by atoms with Gasteiger partial charge in [0.15, 0.2) is 5.71 Å². The number of oxime groups is 1. The van der Waals surface area contributed by atoms with Crippen molar-refractivity contribution in [3.05, 3.63) is 0 Å². The van der Waals surface area contributed by atoms with Gasteiger partial charge in [0.25, 0.3) is 0 Å². The van der Waals surface area contributed by atoms with Crippen LogP contribution in [0.4, 0.5) is 0 Å². The average molecular weight is 171 g/mol. The van der Waals surface area contributed by atoms with E-state index in [2.05, 4.69) is 14.7 Å². The van der Waals surface area contributed by atoms with Crippen molar-refractivity contribution in [2.75, 3.05) is 6.61 Å². The minimum atomic E-state index is -0.607. The summed E-state index contributed by atoms with van der Waals surface area (Å²) < 4.78 is 4.64.